The Morgan fingerprint density at radius 1 is 1.44 bits per heavy atom. The van der Waals surface area contributed by atoms with Gasteiger partial charge in [-0.15, -0.1) is 0 Å². The van der Waals surface area contributed by atoms with E-state index in [1.165, 1.54) is 18.7 Å². The van der Waals surface area contributed by atoms with E-state index < -0.39 is 0 Å². The fourth-order valence-corrected chi connectivity index (χ4v) is 2.34. The van der Waals surface area contributed by atoms with E-state index in [0.717, 1.165) is 32.6 Å². The molecule has 1 fully saturated rings. The maximum atomic E-state index is 4.13. The summed E-state index contributed by atoms with van der Waals surface area (Å²) in [6.45, 7) is 9.00. The minimum Gasteiger partial charge on any atom is -0.315 e. The Morgan fingerprint density at radius 2 is 2.28 bits per heavy atom. The molecule has 0 saturated carbocycles. The standard InChI is InChI=1S/C14H24N4/c1-13(18-9-7-15-8-10-18)11-17-6-4-14-3-2-5-16-12-14/h2-3,5,12-13,15,17H,4,6-11H2,1H3. The molecule has 0 aliphatic carbocycles. The Labute approximate surface area is 110 Å². The third kappa shape index (κ3) is 4.37. The van der Waals surface area contributed by atoms with Crippen LogP contribution in [0.1, 0.15) is 12.5 Å². The molecule has 2 rings (SSSR count). The number of aromatic nitrogens is 1. The fourth-order valence-electron chi connectivity index (χ4n) is 2.34. The third-order valence-corrected chi connectivity index (χ3v) is 3.53. The molecule has 1 aliphatic heterocycles. The van der Waals surface area contributed by atoms with Gasteiger partial charge in [0.2, 0.25) is 0 Å². The first-order valence-corrected chi connectivity index (χ1v) is 6.90. The van der Waals surface area contributed by atoms with Gasteiger partial charge >= 0.3 is 0 Å². The van der Waals surface area contributed by atoms with Crippen LogP contribution in [0.4, 0.5) is 0 Å². The maximum Gasteiger partial charge on any atom is 0.0300 e. The predicted molar refractivity (Wildman–Crippen MR) is 74.7 cm³/mol. The number of rotatable bonds is 6. The molecule has 0 amide bonds. The van der Waals surface area contributed by atoms with E-state index >= 15 is 0 Å². The SMILES string of the molecule is CC(CNCCc1cccnc1)N1CCNCC1. The van der Waals surface area contributed by atoms with Crippen LogP contribution in [0.3, 0.4) is 0 Å². The first kappa shape index (κ1) is 13.5. The van der Waals surface area contributed by atoms with Gasteiger partial charge in [0, 0.05) is 51.2 Å². The third-order valence-electron chi connectivity index (χ3n) is 3.53. The van der Waals surface area contributed by atoms with Crippen molar-refractivity contribution < 1.29 is 0 Å². The highest BCUT2D eigenvalue weighted by Gasteiger charge is 2.15. The molecule has 4 nitrogen and oxygen atoms in total. The van der Waals surface area contributed by atoms with Crippen LogP contribution in [-0.2, 0) is 6.42 Å². The molecule has 0 radical (unpaired) electrons. The molecule has 100 valence electrons. The molecule has 1 saturated heterocycles. The molecule has 1 aliphatic rings. The first-order chi connectivity index (χ1) is 8.86. The van der Waals surface area contributed by atoms with E-state index in [-0.39, 0.29) is 0 Å². The molecule has 0 spiro atoms. The van der Waals surface area contributed by atoms with Gasteiger partial charge in [0.25, 0.3) is 0 Å². The summed E-state index contributed by atoms with van der Waals surface area (Å²) in [4.78, 5) is 6.68. The summed E-state index contributed by atoms with van der Waals surface area (Å²) in [5, 5.41) is 6.93. The number of nitrogens with one attached hydrogen (secondary N) is 2. The minimum atomic E-state index is 0.626. The molecule has 1 aromatic rings. The van der Waals surface area contributed by atoms with Crippen LogP contribution in [0.2, 0.25) is 0 Å². The second kappa shape index (κ2) is 7.46. The summed E-state index contributed by atoms with van der Waals surface area (Å²) in [7, 11) is 0. The van der Waals surface area contributed by atoms with Crippen molar-refractivity contribution in [3.8, 4) is 0 Å². The van der Waals surface area contributed by atoms with Gasteiger partial charge in [-0.3, -0.25) is 9.88 Å². The van der Waals surface area contributed by atoms with Crippen LogP contribution in [0.5, 0.6) is 0 Å². The average molecular weight is 248 g/mol. The molecule has 1 aromatic heterocycles. The van der Waals surface area contributed by atoms with E-state index in [0.29, 0.717) is 6.04 Å². The van der Waals surface area contributed by atoms with Gasteiger partial charge in [-0.05, 0) is 31.5 Å². The van der Waals surface area contributed by atoms with Gasteiger partial charge in [0.1, 0.15) is 0 Å². The van der Waals surface area contributed by atoms with E-state index in [1.54, 1.807) is 0 Å². The quantitative estimate of drug-likeness (QED) is 0.720. The summed E-state index contributed by atoms with van der Waals surface area (Å²) >= 11 is 0. The average Bonchev–Trinajstić information content (AvgIpc) is 2.45. The summed E-state index contributed by atoms with van der Waals surface area (Å²) in [5.74, 6) is 0. The monoisotopic (exact) mass is 248 g/mol. The van der Waals surface area contributed by atoms with Gasteiger partial charge in [0.05, 0.1) is 0 Å². The Balaban J connectivity index is 1.60. The molecule has 1 unspecified atom stereocenters. The zero-order valence-electron chi connectivity index (χ0n) is 11.2. The van der Waals surface area contributed by atoms with Gasteiger partial charge in [-0.2, -0.15) is 0 Å². The van der Waals surface area contributed by atoms with Crippen molar-refractivity contribution in [1.82, 2.24) is 20.5 Å². The summed E-state index contributed by atoms with van der Waals surface area (Å²) < 4.78 is 0. The van der Waals surface area contributed by atoms with Crippen LogP contribution in [0.25, 0.3) is 0 Å². The molecule has 0 bridgehead atoms. The lowest BCUT2D eigenvalue weighted by molar-refractivity contribution is 0.181. The number of pyridine rings is 1. The van der Waals surface area contributed by atoms with Crippen LogP contribution in [0, 0.1) is 0 Å². The molecule has 18 heavy (non-hydrogen) atoms. The number of hydrogen-bond acceptors (Lipinski definition) is 4. The van der Waals surface area contributed by atoms with Gasteiger partial charge < -0.3 is 10.6 Å². The molecule has 1 atom stereocenters. The van der Waals surface area contributed by atoms with E-state index in [2.05, 4.69) is 33.5 Å². The molecule has 4 heteroatoms. The van der Waals surface area contributed by atoms with Crippen molar-refractivity contribution in [2.75, 3.05) is 39.3 Å². The molecule has 2 N–H and O–H groups in total. The van der Waals surface area contributed by atoms with Gasteiger partial charge in [-0.1, -0.05) is 6.07 Å². The highest BCUT2D eigenvalue weighted by molar-refractivity contribution is 5.08. The normalized spacial score (nSPS) is 18.7. The van der Waals surface area contributed by atoms with Crippen molar-refractivity contribution >= 4 is 0 Å². The number of piperazine rings is 1. The topological polar surface area (TPSA) is 40.2 Å². The van der Waals surface area contributed by atoms with E-state index in [9.17, 15) is 0 Å². The smallest absolute Gasteiger partial charge is 0.0300 e. The van der Waals surface area contributed by atoms with Crippen molar-refractivity contribution in [3.05, 3.63) is 30.1 Å². The predicted octanol–water partition coefficient (Wildman–Crippen LogP) is 0.507. The first-order valence-electron chi connectivity index (χ1n) is 6.90. The van der Waals surface area contributed by atoms with Gasteiger partial charge in [0.15, 0.2) is 0 Å². The van der Waals surface area contributed by atoms with Crippen molar-refractivity contribution in [2.24, 2.45) is 0 Å². The lowest BCUT2D eigenvalue weighted by Gasteiger charge is -2.32. The highest BCUT2D eigenvalue weighted by atomic mass is 15.2. The van der Waals surface area contributed by atoms with Crippen molar-refractivity contribution in [2.45, 2.75) is 19.4 Å². The number of hydrogen-bond donors (Lipinski definition) is 2. The summed E-state index contributed by atoms with van der Waals surface area (Å²) in [6, 6.07) is 4.76. The largest absolute Gasteiger partial charge is 0.315 e. The van der Waals surface area contributed by atoms with Crippen LogP contribution >= 0.6 is 0 Å². The number of nitrogens with zero attached hydrogens (tertiary/aromatic N) is 2. The minimum absolute atomic E-state index is 0.626. The zero-order chi connectivity index (χ0) is 12.6. The van der Waals surface area contributed by atoms with Crippen molar-refractivity contribution in [3.63, 3.8) is 0 Å². The Hall–Kier alpha value is -0.970. The van der Waals surface area contributed by atoms with E-state index in [4.69, 9.17) is 0 Å². The molecule has 0 aromatic carbocycles. The van der Waals surface area contributed by atoms with Crippen LogP contribution in [-0.4, -0.2) is 55.2 Å². The van der Waals surface area contributed by atoms with E-state index in [1.807, 2.05) is 18.5 Å². The maximum absolute atomic E-state index is 4.13. The molecular formula is C14H24N4. The summed E-state index contributed by atoms with van der Waals surface area (Å²) in [5.41, 5.74) is 1.31. The van der Waals surface area contributed by atoms with Crippen LogP contribution < -0.4 is 10.6 Å². The second-order valence-electron chi connectivity index (χ2n) is 4.95. The lowest BCUT2D eigenvalue weighted by atomic mass is 10.2. The fraction of sp³-hybridized carbons (Fsp3) is 0.643. The van der Waals surface area contributed by atoms with Gasteiger partial charge in [-0.25, -0.2) is 0 Å². The molecular weight excluding hydrogens is 224 g/mol. The Kier molecular flexibility index (Phi) is 5.58. The second-order valence-corrected chi connectivity index (χ2v) is 4.95. The zero-order valence-corrected chi connectivity index (χ0v) is 11.2. The lowest BCUT2D eigenvalue weighted by Crippen LogP contribution is -2.50. The Bertz CT molecular complexity index is 322. The highest BCUT2D eigenvalue weighted by Crippen LogP contribution is 2.00. The van der Waals surface area contributed by atoms with Crippen LogP contribution in [0.15, 0.2) is 24.5 Å². The Morgan fingerprint density at radius 3 is 3.00 bits per heavy atom. The summed E-state index contributed by atoms with van der Waals surface area (Å²) in [6.07, 6.45) is 4.83. The molecule has 2 heterocycles. The van der Waals surface area contributed by atoms with Crippen molar-refractivity contribution in [1.29, 1.82) is 0 Å².